The van der Waals surface area contributed by atoms with Crippen LogP contribution in [0, 0.1) is 6.92 Å². The molecule has 2 atom stereocenters. The van der Waals surface area contributed by atoms with Gasteiger partial charge in [-0.05, 0) is 35.6 Å². The lowest BCUT2D eigenvalue weighted by atomic mass is 9.91. The molecule has 0 spiro atoms. The summed E-state index contributed by atoms with van der Waals surface area (Å²) in [5, 5.41) is 12.5. The van der Waals surface area contributed by atoms with Crippen LogP contribution < -0.4 is 5.73 Å². The van der Waals surface area contributed by atoms with Crippen LogP contribution in [-0.4, -0.2) is 11.7 Å². The number of rotatable bonds is 4. The number of hydrogen-bond donors (Lipinski definition) is 2. The van der Waals surface area contributed by atoms with Gasteiger partial charge in [-0.3, -0.25) is 0 Å². The van der Waals surface area contributed by atoms with Crippen LogP contribution in [0.25, 0.3) is 0 Å². The maximum atomic E-state index is 10.5. The minimum absolute atomic E-state index is 0.0853. The topological polar surface area (TPSA) is 46.2 Å². The molecule has 0 amide bonds. The molecule has 18 heavy (non-hydrogen) atoms. The molecular formula is C14H16BrNOS. The number of thiophene rings is 1. The number of aliphatic hydroxyl groups excluding tert-OH is 1. The zero-order chi connectivity index (χ0) is 13.1. The largest absolute Gasteiger partial charge is 0.387 e. The van der Waals surface area contributed by atoms with Gasteiger partial charge in [0.2, 0.25) is 0 Å². The summed E-state index contributed by atoms with van der Waals surface area (Å²) in [6.07, 6.45) is -0.548. The van der Waals surface area contributed by atoms with Gasteiger partial charge in [0.1, 0.15) is 0 Å². The highest BCUT2D eigenvalue weighted by atomic mass is 79.9. The smallest absolute Gasteiger partial charge is 0.0965 e. The maximum Gasteiger partial charge on any atom is 0.0965 e. The second-order valence-electron chi connectivity index (χ2n) is 4.28. The van der Waals surface area contributed by atoms with E-state index in [0.717, 1.165) is 20.5 Å². The van der Waals surface area contributed by atoms with Crippen LogP contribution >= 0.6 is 27.3 Å². The lowest BCUT2D eigenvalue weighted by Gasteiger charge is -2.22. The first-order valence-corrected chi connectivity index (χ1v) is 7.49. The molecule has 1 aromatic heterocycles. The van der Waals surface area contributed by atoms with E-state index in [4.69, 9.17) is 5.73 Å². The normalized spacial score (nSPS) is 14.4. The molecular weight excluding hydrogens is 310 g/mol. The van der Waals surface area contributed by atoms with Crippen molar-refractivity contribution in [3.8, 4) is 0 Å². The summed E-state index contributed by atoms with van der Waals surface area (Å²) in [5.41, 5.74) is 8.03. The zero-order valence-electron chi connectivity index (χ0n) is 10.1. The average molecular weight is 326 g/mol. The molecule has 0 aliphatic carbocycles. The van der Waals surface area contributed by atoms with Crippen LogP contribution in [0.1, 0.15) is 28.0 Å². The summed E-state index contributed by atoms with van der Waals surface area (Å²) in [6.45, 7) is 2.43. The zero-order valence-corrected chi connectivity index (χ0v) is 12.5. The van der Waals surface area contributed by atoms with Crippen molar-refractivity contribution in [1.82, 2.24) is 0 Å². The molecule has 0 fully saturated rings. The third-order valence-electron chi connectivity index (χ3n) is 3.11. The fraction of sp³-hybridized carbons (Fsp3) is 0.286. The van der Waals surface area contributed by atoms with Gasteiger partial charge in [-0.15, -0.1) is 11.3 Å². The molecule has 0 aliphatic heterocycles. The third-order valence-corrected chi connectivity index (χ3v) is 4.92. The van der Waals surface area contributed by atoms with Gasteiger partial charge in [-0.25, -0.2) is 0 Å². The number of aryl methyl sites for hydroxylation is 1. The molecule has 96 valence electrons. The van der Waals surface area contributed by atoms with Gasteiger partial charge in [0, 0.05) is 21.8 Å². The molecule has 4 heteroatoms. The predicted octanol–water partition coefficient (Wildman–Crippen LogP) is 3.59. The Balaban J connectivity index is 2.35. The van der Waals surface area contributed by atoms with Gasteiger partial charge in [0.05, 0.1) is 6.10 Å². The van der Waals surface area contributed by atoms with Gasteiger partial charge in [0.25, 0.3) is 0 Å². The van der Waals surface area contributed by atoms with E-state index in [2.05, 4.69) is 15.9 Å². The van der Waals surface area contributed by atoms with Crippen molar-refractivity contribution in [3.05, 3.63) is 56.2 Å². The van der Waals surface area contributed by atoms with Gasteiger partial charge >= 0.3 is 0 Å². The van der Waals surface area contributed by atoms with Crippen molar-refractivity contribution in [2.45, 2.75) is 18.9 Å². The Labute approximate surface area is 120 Å². The molecule has 0 bridgehead atoms. The summed E-state index contributed by atoms with van der Waals surface area (Å²) in [5.74, 6) is -0.0853. The lowest BCUT2D eigenvalue weighted by molar-refractivity contribution is 0.150. The fourth-order valence-electron chi connectivity index (χ4n) is 2.07. The monoisotopic (exact) mass is 325 g/mol. The van der Waals surface area contributed by atoms with E-state index in [9.17, 15) is 5.11 Å². The van der Waals surface area contributed by atoms with Crippen molar-refractivity contribution in [2.24, 2.45) is 5.73 Å². The summed E-state index contributed by atoms with van der Waals surface area (Å²) in [7, 11) is 0. The van der Waals surface area contributed by atoms with E-state index in [0.29, 0.717) is 6.54 Å². The second-order valence-corrected chi connectivity index (χ2v) is 6.08. The second kappa shape index (κ2) is 5.97. The summed E-state index contributed by atoms with van der Waals surface area (Å²) in [6, 6.07) is 9.94. The maximum absolute atomic E-state index is 10.5. The van der Waals surface area contributed by atoms with Gasteiger partial charge in [0.15, 0.2) is 0 Å². The van der Waals surface area contributed by atoms with E-state index in [1.165, 1.54) is 0 Å². The number of nitrogens with two attached hydrogens (primary N) is 1. The molecule has 2 rings (SSSR count). The van der Waals surface area contributed by atoms with Crippen molar-refractivity contribution < 1.29 is 5.11 Å². The van der Waals surface area contributed by atoms with Crippen LogP contribution in [0.3, 0.4) is 0 Å². The highest BCUT2D eigenvalue weighted by molar-refractivity contribution is 9.10. The Morgan fingerprint density at radius 3 is 2.61 bits per heavy atom. The standard InChI is InChI=1S/C14H16BrNOS/c1-9-6-7-18-14(9)13(17)11(8-16)10-4-2-3-5-12(10)15/h2-7,11,13,17H,8,16H2,1H3. The van der Waals surface area contributed by atoms with Gasteiger partial charge in [-0.2, -0.15) is 0 Å². The Morgan fingerprint density at radius 1 is 1.33 bits per heavy atom. The first-order chi connectivity index (χ1) is 8.65. The number of benzene rings is 1. The number of halogens is 1. The molecule has 1 aromatic carbocycles. The number of hydrogen-bond acceptors (Lipinski definition) is 3. The summed E-state index contributed by atoms with van der Waals surface area (Å²) >= 11 is 5.11. The quantitative estimate of drug-likeness (QED) is 0.902. The van der Waals surface area contributed by atoms with Gasteiger partial charge < -0.3 is 10.8 Å². The molecule has 2 aromatic rings. The molecule has 0 aliphatic rings. The van der Waals surface area contributed by atoms with Crippen molar-refractivity contribution in [2.75, 3.05) is 6.54 Å². The Kier molecular flexibility index (Phi) is 4.56. The lowest BCUT2D eigenvalue weighted by Crippen LogP contribution is -2.20. The van der Waals surface area contributed by atoms with Crippen LogP contribution in [0.2, 0.25) is 0 Å². The average Bonchev–Trinajstić information content (AvgIpc) is 2.78. The molecule has 0 radical (unpaired) electrons. The van der Waals surface area contributed by atoms with Gasteiger partial charge in [-0.1, -0.05) is 34.1 Å². The minimum atomic E-state index is -0.548. The van der Waals surface area contributed by atoms with Crippen molar-refractivity contribution >= 4 is 27.3 Å². The summed E-state index contributed by atoms with van der Waals surface area (Å²) < 4.78 is 0.994. The molecule has 3 N–H and O–H groups in total. The predicted molar refractivity (Wildman–Crippen MR) is 80.0 cm³/mol. The van der Waals surface area contributed by atoms with Crippen molar-refractivity contribution in [3.63, 3.8) is 0 Å². The van der Waals surface area contributed by atoms with E-state index >= 15 is 0 Å². The number of aliphatic hydroxyl groups is 1. The third kappa shape index (κ3) is 2.67. The molecule has 0 saturated heterocycles. The van der Waals surface area contributed by atoms with Crippen LogP contribution in [0.15, 0.2) is 40.2 Å². The molecule has 2 nitrogen and oxygen atoms in total. The molecule has 0 saturated carbocycles. The first-order valence-electron chi connectivity index (χ1n) is 5.81. The Morgan fingerprint density at radius 2 is 2.06 bits per heavy atom. The van der Waals surface area contributed by atoms with Crippen LogP contribution in [0.5, 0.6) is 0 Å². The van der Waals surface area contributed by atoms with E-state index in [-0.39, 0.29) is 5.92 Å². The van der Waals surface area contributed by atoms with E-state index < -0.39 is 6.10 Å². The molecule has 1 heterocycles. The Hall–Kier alpha value is -0.680. The highest BCUT2D eigenvalue weighted by Gasteiger charge is 2.25. The minimum Gasteiger partial charge on any atom is -0.387 e. The van der Waals surface area contributed by atoms with Crippen LogP contribution in [-0.2, 0) is 0 Å². The van der Waals surface area contributed by atoms with E-state index in [1.54, 1.807) is 11.3 Å². The molecule has 2 unspecified atom stereocenters. The first kappa shape index (κ1) is 13.7. The SMILES string of the molecule is Cc1ccsc1C(O)C(CN)c1ccccc1Br. The highest BCUT2D eigenvalue weighted by Crippen LogP contribution is 2.37. The fourth-order valence-corrected chi connectivity index (χ4v) is 3.63. The van der Waals surface area contributed by atoms with Crippen molar-refractivity contribution in [1.29, 1.82) is 0 Å². The van der Waals surface area contributed by atoms with E-state index in [1.807, 2.05) is 42.6 Å². The summed E-state index contributed by atoms with van der Waals surface area (Å²) in [4.78, 5) is 1.00. The Bertz CT molecular complexity index is 526. The van der Waals surface area contributed by atoms with Crippen LogP contribution in [0.4, 0.5) is 0 Å².